The second-order valence-corrected chi connectivity index (χ2v) is 4.77. The highest BCUT2D eigenvalue weighted by Crippen LogP contribution is 2.20. The average molecular weight is 244 g/mol. The highest BCUT2D eigenvalue weighted by atomic mass is 32.2. The van der Waals surface area contributed by atoms with Crippen LogP contribution in [0.3, 0.4) is 0 Å². The number of hydrogen-bond acceptors (Lipinski definition) is 3. The molecule has 88 valence electrons. The van der Waals surface area contributed by atoms with Gasteiger partial charge in [0.1, 0.15) is 0 Å². The Hall–Kier alpha value is -1.35. The SMILES string of the molecule is CCCc1cnc(-c2ccc(SC)cc2)nc1. The van der Waals surface area contributed by atoms with Crippen LogP contribution in [-0.2, 0) is 6.42 Å². The monoisotopic (exact) mass is 244 g/mol. The van der Waals surface area contributed by atoms with Crippen LogP contribution in [0, 0.1) is 0 Å². The van der Waals surface area contributed by atoms with Crippen molar-refractivity contribution in [2.75, 3.05) is 6.26 Å². The van der Waals surface area contributed by atoms with Gasteiger partial charge in [0.05, 0.1) is 0 Å². The zero-order chi connectivity index (χ0) is 12.1. The van der Waals surface area contributed by atoms with E-state index in [-0.39, 0.29) is 0 Å². The number of aromatic nitrogens is 2. The van der Waals surface area contributed by atoms with Gasteiger partial charge >= 0.3 is 0 Å². The first-order valence-electron chi connectivity index (χ1n) is 5.79. The van der Waals surface area contributed by atoms with E-state index in [0.29, 0.717) is 0 Å². The Labute approximate surface area is 107 Å². The molecule has 2 rings (SSSR count). The molecular formula is C14H16N2S. The quantitative estimate of drug-likeness (QED) is 0.765. The highest BCUT2D eigenvalue weighted by molar-refractivity contribution is 7.98. The third kappa shape index (κ3) is 3.07. The highest BCUT2D eigenvalue weighted by Gasteiger charge is 2.01. The van der Waals surface area contributed by atoms with Crippen molar-refractivity contribution in [2.24, 2.45) is 0 Å². The van der Waals surface area contributed by atoms with Crippen molar-refractivity contribution in [2.45, 2.75) is 24.7 Å². The molecule has 3 heteroatoms. The van der Waals surface area contributed by atoms with Crippen molar-refractivity contribution >= 4 is 11.8 Å². The number of rotatable bonds is 4. The van der Waals surface area contributed by atoms with E-state index in [4.69, 9.17) is 0 Å². The number of aryl methyl sites for hydroxylation is 1. The van der Waals surface area contributed by atoms with Crippen LogP contribution in [0.5, 0.6) is 0 Å². The maximum atomic E-state index is 4.41. The van der Waals surface area contributed by atoms with Crippen LogP contribution in [0.4, 0.5) is 0 Å². The number of benzene rings is 1. The number of nitrogens with zero attached hydrogens (tertiary/aromatic N) is 2. The van der Waals surface area contributed by atoms with Gasteiger partial charge in [0.15, 0.2) is 5.82 Å². The summed E-state index contributed by atoms with van der Waals surface area (Å²) in [5, 5.41) is 0. The van der Waals surface area contributed by atoms with E-state index in [1.54, 1.807) is 11.8 Å². The molecule has 0 bridgehead atoms. The molecule has 0 amide bonds. The first-order valence-corrected chi connectivity index (χ1v) is 7.01. The van der Waals surface area contributed by atoms with Crippen molar-refractivity contribution in [1.29, 1.82) is 0 Å². The van der Waals surface area contributed by atoms with E-state index in [0.717, 1.165) is 24.2 Å². The zero-order valence-electron chi connectivity index (χ0n) is 10.2. The predicted octanol–water partition coefficient (Wildman–Crippen LogP) is 3.82. The Morgan fingerprint density at radius 2 is 1.71 bits per heavy atom. The molecule has 0 saturated heterocycles. The van der Waals surface area contributed by atoms with E-state index >= 15 is 0 Å². The summed E-state index contributed by atoms with van der Waals surface area (Å²) in [6.45, 7) is 2.16. The normalized spacial score (nSPS) is 10.5. The lowest BCUT2D eigenvalue weighted by atomic mass is 10.2. The average Bonchev–Trinajstić information content (AvgIpc) is 2.40. The molecule has 0 aliphatic heterocycles. The summed E-state index contributed by atoms with van der Waals surface area (Å²) in [5.41, 5.74) is 2.28. The minimum atomic E-state index is 0.803. The maximum absolute atomic E-state index is 4.41. The number of hydrogen-bond donors (Lipinski definition) is 0. The van der Waals surface area contributed by atoms with Crippen molar-refractivity contribution in [3.05, 3.63) is 42.2 Å². The van der Waals surface area contributed by atoms with Gasteiger partial charge in [0.25, 0.3) is 0 Å². The van der Waals surface area contributed by atoms with Crippen LogP contribution < -0.4 is 0 Å². The van der Waals surface area contributed by atoms with Crippen LogP contribution in [0.2, 0.25) is 0 Å². The summed E-state index contributed by atoms with van der Waals surface area (Å²) >= 11 is 1.74. The lowest BCUT2D eigenvalue weighted by Crippen LogP contribution is -1.92. The Balaban J connectivity index is 2.20. The molecule has 2 aromatic rings. The molecule has 0 spiro atoms. The fourth-order valence-electron chi connectivity index (χ4n) is 1.66. The molecule has 1 aromatic carbocycles. The largest absolute Gasteiger partial charge is 0.236 e. The Morgan fingerprint density at radius 1 is 1.06 bits per heavy atom. The Kier molecular flexibility index (Phi) is 4.15. The zero-order valence-corrected chi connectivity index (χ0v) is 11.0. The second kappa shape index (κ2) is 5.82. The fourth-order valence-corrected chi connectivity index (χ4v) is 2.07. The Bertz CT molecular complexity index is 463. The van der Waals surface area contributed by atoms with Gasteiger partial charge in [-0.2, -0.15) is 0 Å². The van der Waals surface area contributed by atoms with E-state index in [9.17, 15) is 0 Å². The molecule has 0 fully saturated rings. The van der Waals surface area contributed by atoms with E-state index in [2.05, 4.69) is 47.4 Å². The molecule has 0 atom stereocenters. The van der Waals surface area contributed by atoms with Gasteiger partial charge in [0.2, 0.25) is 0 Å². The lowest BCUT2D eigenvalue weighted by molar-refractivity contribution is 0.902. The molecule has 0 aliphatic carbocycles. The summed E-state index contributed by atoms with van der Waals surface area (Å²) in [5.74, 6) is 0.803. The summed E-state index contributed by atoms with van der Waals surface area (Å²) in [6.07, 6.45) is 8.10. The van der Waals surface area contributed by atoms with E-state index in [1.165, 1.54) is 10.5 Å². The Morgan fingerprint density at radius 3 is 2.24 bits per heavy atom. The van der Waals surface area contributed by atoms with E-state index in [1.807, 2.05) is 12.4 Å². The summed E-state index contributed by atoms with van der Waals surface area (Å²) in [7, 11) is 0. The van der Waals surface area contributed by atoms with Crippen molar-refractivity contribution in [3.63, 3.8) is 0 Å². The van der Waals surface area contributed by atoms with Crippen molar-refractivity contribution in [3.8, 4) is 11.4 Å². The minimum absolute atomic E-state index is 0.803. The van der Waals surface area contributed by atoms with E-state index < -0.39 is 0 Å². The van der Waals surface area contributed by atoms with Crippen LogP contribution in [0.1, 0.15) is 18.9 Å². The van der Waals surface area contributed by atoms with Gasteiger partial charge in [-0.05, 0) is 30.4 Å². The van der Waals surface area contributed by atoms with Crippen LogP contribution in [-0.4, -0.2) is 16.2 Å². The molecule has 0 aliphatic rings. The summed E-state index contributed by atoms with van der Waals surface area (Å²) in [6, 6.07) is 8.34. The van der Waals surface area contributed by atoms with Gasteiger partial charge in [-0.1, -0.05) is 25.5 Å². The predicted molar refractivity (Wildman–Crippen MR) is 73.2 cm³/mol. The molecule has 0 unspecified atom stereocenters. The fraction of sp³-hybridized carbons (Fsp3) is 0.286. The lowest BCUT2D eigenvalue weighted by Gasteiger charge is -2.02. The van der Waals surface area contributed by atoms with Gasteiger partial charge in [0, 0.05) is 22.9 Å². The summed E-state index contributed by atoms with van der Waals surface area (Å²) < 4.78 is 0. The van der Waals surface area contributed by atoms with Gasteiger partial charge in [-0.3, -0.25) is 0 Å². The molecule has 0 radical (unpaired) electrons. The van der Waals surface area contributed by atoms with Gasteiger partial charge in [-0.15, -0.1) is 11.8 Å². The molecule has 0 saturated carbocycles. The number of thioether (sulfide) groups is 1. The first kappa shape index (κ1) is 12.1. The third-order valence-electron chi connectivity index (χ3n) is 2.59. The smallest absolute Gasteiger partial charge is 0.159 e. The van der Waals surface area contributed by atoms with Crippen LogP contribution in [0.25, 0.3) is 11.4 Å². The molecule has 1 heterocycles. The van der Waals surface area contributed by atoms with Crippen molar-refractivity contribution < 1.29 is 0 Å². The standard InChI is InChI=1S/C14H16N2S/c1-3-4-11-9-15-14(16-10-11)12-5-7-13(17-2)8-6-12/h5-10H,3-4H2,1-2H3. The maximum Gasteiger partial charge on any atom is 0.159 e. The molecule has 17 heavy (non-hydrogen) atoms. The molecule has 1 aromatic heterocycles. The molecule has 0 N–H and O–H groups in total. The van der Waals surface area contributed by atoms with Gasteiger partial charge in [-0.25, -0.2) is 9.97 Å². The van der Waals surface area contributed by atoms with Gasteiger partial charge < -0.3 is 0 Å². The molecule has 2 nitrogen and oxygen atoms in total. The minimum Gasteiger partial charge on any atom is -0.236 e. The molecular weight excluding hydrogens is 228 g/mol. The van der Waals surface area contributed by atoms with Crippen LogP contribution >= 0.6 is 11.8 Å². The second-order valence-electron chi connectivity index (χ2n) is 3.89. The third-order valence-corrected chi connectivity index (χ3v) is 3.34. The van der Waals surface area contributed by atoms with Crippen LogP contribution in [0.15, 0.2) is 41.6 Å². The topological polar surface area (TPSA) is 25.8 Å². The summed E-state index contributed by atoms with van der Waals surface area (Å²) in [4.78, 5) is 10.1. The first-order chi connectivity index (χ1) is 8.33. The van der Waals surface area contributed by atoms with Crippen molar-refractivity contribution in [1.82, 2.24) is 9.97 Å².